The Kier molecular flexibility index (Phi) is 6.14. The summed E-state index contributed by atoms with van der Waals surface area (Å²) in [6.07, 6.45) is 2.02. The van der Waals surface area contributed by atoms with E-state index in [1.807, 2.05) is 36.4 Å². The molecule has 156 valence electrons. The molecule has 0 saturated carbocycles. The third kappa shape index (κ3) is 4.09. The highest BCUT2D eigenvalue weighted by atomic mass is 16.6. The zero-order valence-corrected chi connectivity index (χ0v) is 17.0. The molecule has 4 rings (SSSR count). The molecule has 0 bridgehead atoms. The Labute approximate surface area is 175 Å². The highest BCUT2D eigenvalue weighted by Crippen LogP contribution is 2.30. The first-order chi connectivity index (χ1) is 14.7. The SMILES string of the molecule is COCc1c(C(=O)O[C@@H](C(=O)N2CCCCC2)c2ccccc2)oc2ccccc12. The highest BCUT2D eigenvalue weighted by Gasteiger charge is 2.32. The molecule has 1 aliphatic heterocycles. The topological polar surface area (TPSA) is 69.0 Å². The Balaban J connectivity index is 1.66. The number of methoxy groups -OCH3 is 1. The van der Waals surface area contributed by atoms with Crippen molar-refractivity contribution in [2.45, 2.75) is 32.0 Å². The summed E-state index contributed by atoms with van der Waals surface area (Å²) < 4.78 is 16.8. The van der Waals surface area contributed by atoms with Crippen molar-refractivity contribution in [3.8, 4) is 0 Å². The summed E-state index contributed by atoms with van der Waals surface area (Å²) in [7, 11) is 1.56. The van der Waals surface area contributed by atoms with Crippen LogP contribution in [-0.4, -0.2) is 37.0 Å². The molecule has 1 aliphatic rings. The van der Waals surface area contributed by atoms with Gasteiger partial charge in [-0.3, -0.25) is 4.79 Å². The smallest absolute Gasteiger partial charge is 0.375 e. The van der Waals surface area contributed by atoms with Gasteiger partial charge in [0.25, 0.3) is 5.91 Å². The van der Waals surface area contributed by atoms with Crippen molar-refractivity contribution in [1.82, 2.24) is 4.90 Å². The lowest BCUT2D eigenvalue weighted by atomic mass is 10.1. The minimum atomic E-state index is -1.01. The van der Waals surface area contributed by atoms with Crippen molar-refractivity contribution >= 4 is 22.8 Å². The predicted molar refractivity (Wildman–Crippen MR) is 112 cm³/mol. The van der Waals surface area contributed by atoms with Crippen LogP contribution >= 0.6 is 0 Å². The number of carbonyl (C=O) groups is 2. The van der Waals surface area contributed by atoms with Crippen LogP contribution in [0.25, 0.3) is 11.0 Å². The van der Waals surface area contributed by atoms with Gasteiger partial charge < -0.3 is 18.8 Å². The molecule has 1 saturated heterocycles. The van der Waals surface area contributed by atoms with E-state index in [2.05, 4.69) is 0 Å². The third-order valence-corrected chi connectivity index (χ3v) is 5.39. The predicted octanol–water partition coefficient (Wildman–Crippen LogP) is 4.49. The van der Waals surface area contributed by atoms with Crippen LogP contribution in [0.3, 0.4) is 0 Å². The fraction of sp³-hybridized carbons (Fsp3) is 0.333. The number of carbonyl (C=O) groups excluding carboxylic acids is 2. The minimum Gasteiger partial charge on any atom is -0.449 e. The lowest BCUT2D eigenvalue weighted by Crippen LogP contribution is -2.40. The van der Waals surface area contributed by atoms with E-state index in [0.717, 1.165) is 24.6 Å². The van der Waals surface area contributed by atoms with Crippen molar-refractivity contribution in [1.29, 1.82) is 0 Å². The van der Waals surface area contributed by atoms with Crippen LogP contribution in [0.1, 0.15) is 47.0 Å². The fourth-order valence-corrected chi connectivity index (χ4v) is 3.88. The van der Waals surface area contributed by atoms with E-state index in [0.29, 0.717) is 29.8 Å². The molecule has 0 aliphatic carbocycles. The van der Waals surface area contributed by atoms with Crippen LogP contribution in [0, 0.1) is 0 Å². The molecule has 1 aromatic heterocycles. The maximum Gasteiger partial charge on any atom is 0.375 e. The van der Waals surface area contributed by atoms with Crippen molar-refractivity contribution in [2.24, 2.45) is 0 Å². The van der Waals surface area contributed by atoms with E-state index in [-0.39, 0.29) is 18.3 Å². The van der Waals surface area contributed by atoms with Crippen LogP contribution in [0.4, 0.5) is 0 Å². The molecule has 2 heterocycles. The first-order valence-corrected chi connectivity index (χ1v) is 10.2. The second kappa shape index (κ2) is 9.13. The molecular formula is C24H25NO5. The highest BCUT2D eigenvalue weighted by molar-refractivity contribution is 5.97. The fourth-order valence-electron chi connectivity index (χ4n) is 3.88. The van der Waals surface area contributed by atoms with Crippen LogP contribution in [0.15, 0.2) is 59.0 Å². The average molecular weight is 407 g/mol. The van der Waals surface area contributed by atoms with Gasteiger partial charge in [-0.1, -0.05) is 48.5 Å². The lowest BCUT2D eigenvalue weighted by Gasteiger charge is -2.30. The number of hydrogen-bond donors (Lipinski definition) is 0. The van der Waals surface area contributed by atoms with Gasteiger partial charge in [-0.25, -0.2) is 4.79 Å². The van der Waals surface area contributed by atoms with Crippen molar-refractivity contribution in [2.75, 3.05) is 20.2 Å². The van der Waals surface area contributed by atoms with E-state index in [9.17, 15) is 9.59 Å². The van der Waals surface area contributed by atoms with Crippen LogP contribution in [0.2, 0.25) is 0 Å². The Morgan fingerprint density at radius 3 is 2.43 bits per heavy atom. The van der Waals surface area contributed by atoms with Crippen LogP contribution in [0.5, 0.6) is 0 Å². The van der Waals surface area contributed by atoms with Crippen molar-refractivity contribution in [3.63, 3.8) is 0 Å². The largest absolute Gasteiger partial charge is 0.449 e. The van der Waals surface area contributed by atoms with Crippen molar-refractivity contribution < 1.29 is 23.5 Å². The molecule has 6 nitrogen and oxygen atoms in total. The molecule has 1 amide bonds. The van der Waals surface area contributed by atoms with Crippen molar-refractivity contribution in [3.05, 3.63) is 71.5 Å². The quantitative estimate of drug-likeness (QED) is 0.563. The molecule has 1 fully saturated rings. The maximum atomic E-state index is 13.2. The van der Waals surface area contributed by atoms with E-state index in [1.165, 1.54) is 0 Å². The number of ether oxygens (including phenoxy) is 2. The van der Waals surface area contributed by atoms with Crippen LogP contribution in [-0.2, 0) is 20.9 Å². The normalized spacial score (nSPS) is 15.2. The first kappa shape index (κ1) is 20.2. The van der Waals surface area contributed by atoms with Crippen LogP contribution < -0.4 is 0 Å². The summed E-state index contributed by atoms with van der Waals surface area (Å²) in [5.41, 5.74) is 1.84. The summed E-state index contributed by atoms with van der Waals surface area (Å²) in [6.45, 7) is 1.57. The lowest BCUT2D eigenvalue weighted by molar-refractivity contribution is -0.142. The van der Waals surface area contributed by atoms with Gasteiger partial charge in [0.1, 0.15) is 5.58 Å². The number of nitrogens with zero attached hydrogens (tertiary/aromatic N) is 1. The maximum absolute atomic E-state index is 13.2. The standard InChI is InChI=1S/C24H25NO5/c1-28-16-19-18-12-6-7-13-20(18)29-22(19)24(27)30-21(17-10-4-2-5-11-17)23(26)25-14-8-3-9-15-25/h2,4-7,10-13,21H,3,8-9,14-16H2,1H3/t21-/m1/s1. The molecular weight excluding hydrogens is 382 g/mol. The van der Waals surface area contributed by atoms with Gasteiger partial charge in [0.2, 0.25) is 11.9 Å². The number of furan rings is 1. The van der Waals surface area contributed by atoms with Gasteiger partial charge in [-0.2, -0.15) is 0 Å². The summed E-state index contributed by atoms with van der Waals surface area (Å²) in [5.74, 6) is -0.790. The van der Waals surface area contributed by atoms with Gasteiger partial charge in [0.15, 0.2) is 0 Å². The second-order valence-corrected chi connectivity index (χ2v) is 7.42. The summed E-state index contributed by atoms with van der Waals surface area (Å²) in [4.78, 5) is 28.2. The molecule has 0 radical (unpaired) electrons. The number of hydrogen-bond acceptors (Lipinski definition) is 5. The van der Waals surface area contributed by atoms with E-state index < -0.39 is 12.1 Å². The minimum absolute atomic E-state index is 0.0745. The van der Waals surface area contributed by atoms with Gasteiger partial charge in [-0.15, -0.1) is 0 Å². The Morgan fingerprint density at radius 2 is 1.70 bits per heavy atom. The number of para-hydroxylation sites is 1. The third-order valence-electron chi connectivity index (χ3n) is 5.39. The van der Waals surface area contributed by atoms with Gasteiger partial charge in [0.05, 0.1) is 6.61 Å². The Hall–Kier alpha value is -3.12. The zero-order valence-electron chi connectivity index (χ0n) is 17.0. The monoisotopic (exact) mass is 407 g/mol. The van der Waals surface area contributed by atoms with E-state index >= 15 is 0 Å². The molecule has 2 aromatic carbocycles. The van der Waals surface area contributed by atoms with E-state index in [1.54, 1.807) is 30.2 Å². The molecule has 3 aromatic rings. The Bertz CT molecular complexity index is 1020. The van der Waals surface area contributed by atoms with Gasteiger partial charge >= 0.3 is 5.97 Å². The number of fused-ring (bicyclic) bond motifs is 1. The number of esters is 1. The molecule has 6 heteroatoms. The Morgan fingerprint density at radius 1 is 1.00 bits per heavy atom. The number of amides is 1. The molecule has 1 atom stereocenters. The van der Waals surface area contributed by atoms with Gasteiger partial charge in [0, 0.05) is 36.7 Å². The summed E-state index contributed by atoms with van der Waals surface area (Å²) >= 11 is 0. The van der Waals surface area contributed by atoms with Gasteiger partial charge in [-0.05, 0) is 25.3 Å². The first-order valence-electron chi connectivity index (χ1n) is 10.2. The second-order valence-electron chi connectivity index (χ2n) is 7.42. The molecule has 0 unspecified atom stereocenters. The average Bonchev–Trinajstić information content (AvgIpc) is 3.17. The number of benzene rings is 2. The zero-order chi connectivity index (χ0) is 20.9. The summed E-state index contributed by atoms with van der Waals surface area (Å²) in [5, 5.41) is 0.796. The van der Waals surface area contributed by atoms with E-state index in [4.69, 9.17) is 13.9 Å². The molecule has 0 N–H and O–H groups in total. The summed E-state index contributed by atoms with van der Waals surface area (Å²) in [6, 6.07) is 16.5. The molecule has 30 heavy (non-hydrogen) atoms. The molecule has 0 spiro atoms. The number of piperidine rings is 1. The number of likely N-dealkylation sites (tertiary alicyclic amines) is 1. The number of rotatable bonds is 6.